The minimum atomic E-state index is -0.435. The van der Waals surface area contributed by atoms with Crippen LogP contribution in [0.3, 0.4) is 0 Å². The molecule has 1 amide bonds. The molecule has 0 bridgehead atoms. The highest BCUT2D eigenvalue weighted by Crippen LogP contribution is 2.17. The van der Waals surface area contributed by atoms with Crippen LogP contribution in [-0.2, 0) is 4.79 Å². The van der Waals surface area contributed by atoms with Gasteiger partial charge in [-0.05, 0) is 31.9 Å². The van der Waals surface area contributed by atoms with Crippen LogP contribution in [0, 0.1) is 12.3 Å². The fourth-order valence-corrected chi connectivity index (χ4v) is 2.83. The first-order valence-electron chi connectivity index (χ1n) is 9.25. The lowest BCUT2D eigenvalue weighted by Gasteiger charge is -2.13. The van der Waals surface area contributed by atoms with E-state index in [-0.39, 0.29) is 5.91 Å². The number of aliphatic imine (C=N–C) groups is 1. The van der Waals surface area contributed by atoms with Gasteiger partial charge in [0.2, 0.25) is 11.6 Å². The number of carbonyl (C=O) groups is 1. The van der Waals surface area contributed by atoms with Crippen LogP contribution in [0.2, 0.25) is 0 Å². The van der Waals surface area contributed by atoms with Crippen molar-refractivity contribution in [2.24, 2.45) is 10.4 Å². The number of para-hydroxylation sites is 2. The van der Waals surface area contributed by atoms with E-state index in [2.05, 4.69) is 24.9 Å². The molecule has 3 rings (SSSR count). The molecule has 2 heterocycles. The molecule has 2 N–H and O–H groups in total. The average Bonchev–Trinajstić information content (AvgIpc) is 3.00. The molecule has 0 spiro atoms. The van der Waals surface area contributed by atoms with Gasteiger partial charge in [-0.3, -0.25) is 4.79 Å². The van der Waals surface area contributed by atoms with Crippen molar-refractivity contribution in [3.63, 3.8) is 0 Å². The maximum atomic E-state index is 12.0. The number of anilines is 1. The van der Waals surface area contributed by atoms with Gasteiger partial charge in [-0.1, -0.05) is 32.9 Å². The average molecular weight is 367 g/mol. The van der Waals surface area contributed by atoms with Crippen molar-refractivity contribution in [1.82, 2.24) is 15.2 Å². The first kappa shape index (κ1) is 18.9. The monoisotopic (exact) mass is 367 g/mol. The second kappa shape index (κ2) is 7.42. The summed E-state index contributed by atoms with van der Waals surface area (Å²) in [7, 11) is 0. The number of rotatable bonds is 5. The number of fused-ring (bicyclic) bond motifs is 3. The number of aromatic nitrogens is 4. The summed E-state index contributed by atoms with van der Waals surface area (Å²) in [5.41, 5.74) is 3.14. The third-order valence-electron chi connectivity index (χ3n) is 4.38. The van der Waals surface area contributed by atoms with Crippen molar-refractivity contribution in [3.8, 4) is 0 Å². The third-order valence-corrected chi connectivity index (χ3v) is 4.38. The molecule has 7 nitrogen and oxygen atoms in total. The van der Waals surface area contributed by atoms with Crippen LogP contribution in [-0.4, -0.2) is 33.3 Å². The lowest BCUT2D eigenvalue weighted by atomic mass is 9.96. The molecule has 0 saturated carbocycles. The molecule has 0 aliphatic rings. The van der Waals surface area contributed by atoms with Gasteiger partial charge >= 0.3 is 5.65 Å². The molecule has 0 aliphatic carbocycles. The number of benzene rings is 1. The normalized spacial score (nSPS) is 12.7. The summed E-state index contributed by atoms with van der Waals surface area (Å²) < 4.78 is 2.07. The Hall–Kier alpha value is -2.83. The summed E-state index contributed by atoms with van der Waals surface area (Å²) in [5.74, 6) is 1.63. The van der Waals surface area contributed by atoms with E-state index >= 15 is 0 Å². The van der Waals surface area contributed by atoms with Gasteiger partial charge in [0, 0.05) is 29.7 Å². The molecule has 2 aromatic heterocycles. The highest BCUT2D eigenvalue weighted by Gasteiger charge is 2.21. The fraction of sp³-hybridized carbons (Fsp3) is 0.450. The van der Waals surface area contributed by atoms with Crippen molar-refractivity contribution in [2.45, 2.75) is 47.5 Å². The quantitative estimate of drug-likeness (QED) is 0.412. The first-order chi connectivity index (χ1) is 12.8. The van der Waals surface area contributed by atoms with E-state index in [4.69, 9.17) is 4.98 Å². The van der Waals surface area contributed by atoms with E-state index in [0.717, 1.165) is 53.4 Å². The smallest absolute Gasteiger partial charge is 0.349 e. The van der Waals surface area contributed by atoms with Crippen LogP contribution < -0.4 is 9.72 Å². The number of hydrogen-bond acceptors (Lipinski definition) is 4. The van der Waals surface area contributed by atoms with E-state index in [1.54, 1.807) is 0 Å². The van der Waals surface area contributed by atoms with Gasteiger partial charge in [-0.25, -0.2) is 9.98 Å². The number of nitrogens with zero attached hydrogens (tertiary/aromatic N) is 4. The summed E-state index contributed by atoms with van der Waals surface area (Å²) in [6, 6.07) is 8.01. The number of aryl methyl sites for hydroxylation is 1. The van der Waals surface area contributed by atoms with E-state index in [0.29, 0.717) is 0 Å². The summed E-state index contributed by atoms with van der Waals surface area (Å²) in [5, 5.41) is 10.8. The molecule has 0 radical (unpaired) electrons. The zero-order chi connectivity index (χ0) is 19.6. The van der Waals surface area contributed by atoms with Crippen LogP contribution in [0.5, 0.6) is 0 Å². The van der Waals surface area contributed by atoms with E-state index in [1.165, 1.54) is 0 Å². The molecular weight excluding hydrogens is 340 g/mol. The number of nitrogens with one attached hydrogen (secondary N) is 2. The summed E-state index contributed by atoms with van der Waals surface area (Å²) in [4.78, 5) is 20.9. The molecule has 1 aromatic carbocycles. The van der Waals surface area contributed by atoms with Crippen LogP contribution >= 0.6 is 0 Å². The Morgan fingerprint density at radius 2 is 2.04 bits per heavy atom. The largest absolute Gasteiger partial charge is 0.364 e. The van der Waals surface area contributed by atoms with Crippen LogP contribution in [0.25, 0.3) is 16.7 Å². The van der Waals surface area contributed by atoms with Crippen LogP contribution in [0.15, 0.2) is 29.3 Å². The van der Waals surface area contributed by atoms with Gasteiger partial charge in [-0.2, -0.15) is 4.40 Å². The molecule has 0 saturated heterocycles. The van der Waals surface area contributed by atoms with E-state index < -0.39 is 5.41 Å². The lowest BCUT2D eigenvalue weighted by molar-refractivity contribution is -0.489. The molecule has 0 unspecified atom stereocenters. The van der Waals surface area contributed by atoms with Crippen molar-refractivity contribution < 1.29 is 9.20 Å². The number of H-pyrrole nitrogens is 1. The second-order valence-corrected chi connectivity index (χ2v) is 7.85. The standard InChI is InChI=1S/C20H26N6O/c1-13(22-19(27)20(3,4)5)9-8-12-21-17-18-25-24-14(2)26(18)16-11-7-6-10-15(16)23-17/h6-7,10-11H,8-9,12H2,1-5H3,(H,21,23)/p+1. The number of aromatic amines is 1. The molecule has 3 aromatic rings. The van der Waals surface area contributed by atoms with Crippen LogP contribution in [0.1, 0.15) is 46.4 Å². The molecule has 0 atom stereocenters. The number of hydrogen-bond donors (Lipinski definition) is 2. The van der Waals surface area contributed by atoms with Gasteiger partial charge in [-0.15, -0.1) is 5.10 Å². The van der Waals surface area contributed by atoms with Gasteiger partial charge < -0.3 is 5.32 Å². The molecule has 7 heteroatoms. The Morgan fingerprint density at radius 3 is 2.78 bits per heavy atom. The van der Waals surface area contributed by atoms with Crippen molar-refractivity contribution >= 4 is 34.1 Å². The van der Waals surface area contributed by atoms with Crippen LogP contribution in [0.4, 0.5) is 5.82 Å². The third kappa shape index (κ3) is 4.13. The Morgan fingerprint density at radius 1 is 1.30 bits per heavy atom. The molecular formula is C20H27N6O+. The van der Waals surface area contributed by atoms with Gasteiger partial charge in [0.25, 0.3) is 5.91 Å². The maximum Gasteiger partial charge on any atom is 0.349 e. The Bertz CT molecular complexity index is 1010. The molecule has 142 valence electrons. The minimum Gasteiger partial charge on any atom is -0.364 e. The van der Waals surface area contributed by atoms with Gasteiger partial charge in [0.1, 0.15) is 11.0 Å². The van der Waals surface area contributed by atoms with E-state index in [1.807, 2.05) is 58.9 Å². The molecule has 27 heavy (non-hydrogen) atoms. The molecule has 0 fully saturated rings. The summed E-state index contributed by atoms with van der Waals surface area (Å²) in [6.45, 7) is 10.3. The summed E-state index contributed by atoms with van der Waals surface area (Å²) >= 11 is 0. The maximum absolute atomic E-state index is 12.0. The summed E-state index contributed by atoms with van der Waals surface area (Å²) in [6.07, 6.45) is 1.62. The number of amides is 1. The van der Waals surface area contributed by atoms with Gasteiger partial charge in [0.15, 0.2) is 0 Å². The predicted octanol–water partition coefficient (Wildman–Crippen LogP) is 3.23. The predicted molar refractivity (Wildman–Crippen MR) is 107 cm³/mol. The zero-order valence-electron chi connectivity index (χ0n) is 16.6. The lowest BCUT2D eigenvalue weighted by Crippen LogP contribution is -2.26. The number of carbonyl (C=O) groups excluding carboxylic acids is 1. The Kier molecular flexibility index (Phi) is 5.21. The SMILES string of the molecule is CC(CCCNc1nc2ccccc2[n+]2c(C)[nH]nc12)=NC(=O)C(C)(C)C. The Labute approximate surface area is 158 Å². The van der Waals surface area contributed by atoms with E-state index in [9.17, 15) is 4.79 Å². The van der Waals surface area contributed by atoms with Crippen molar-refractivity contribution in [2.75, 3.05) is 11.9 Å². The van der Waals surface area contributed by atoms with Crippen molar-refractivity contribution in [3.05, 3.63) is 30.1 Å². The topological polar surface area (TPSA) is 87.1 Å². The van der Waals surface area contributed by atoms with Gasteiger partial charge in [0.05, 0.1) is 0 Å². The first-order valence-corrected chi connectivity index (χ1v) is 9.25. The zero-order valence-corrected chi connectivity index (χ0v) is 16.6. The fourth-order valence-electron chi connectivity index (χ4n) is 2.83. The van der Waals surface area contributed by atoms with Crippen molar-refractivity contribution in [1.29, 1.82) is 0 Å². The Balaban J connectivity index is 1.71. The minimum absolute atomic E-state index is 0.0748. The molecule has 0 aliphatic heterocycles. The second-order valence-electron chi connectivity index (χ2n) is 7.85. The highest BCUT2D eigenvalue weighted by molar-refractivity contribution is 5.96. The highest BCUT2D eigenvalue weighted by atomic mass is 16.1.